The van der Waals surface area contributed by atoms with E-state index in [1.165, 1.54) is 6.07 Å². The highest BCUT2D eigenvalue weighted by Crippen LogP contribution is 2.23. The third-order valence-electron chi connectivity index (χ3n) is 4.73. The molecule has 0 bridgehead atoms. The number of amides is 1. The second-order valence-electron chi connectivity index (χ2n) is 6.75. The summed E-state index contributed by atoms with van der Waals surface area (Å²) >= 11 is 0. The van der Waals surface area contributed by atoms with E-state index in [-0.39, 0.29) is 11.7 Å². The molecule has 4 aromatic rings. The van der Waals surface area contributed by atoms with Gasteiger partial charge < -0.3 is 5.32 Å². The number of hydrogen-bond acceptors (Lipinski definition) is 2. The van der Waals surface area contributed by atoms with Gasteiger partial charge in [-0.2, -0.15) is 5.10 Å². The fourth-order valence-electron chi connectivity index (χ4n) is 3.24. The molecule has 0 aliphatic carbocycles. The lowest BCUT2D eigenvalue weighted by Gasteiger charge is -2.07. The van der Waals surface area contributed by atoms with Crippen molar-refractivity contribution in [1.82, 2.24) is 10.2 Å². The number of nitrogens with one attached hydrogen (secondary N) is 2. The molecule has 0 saturated carbocycles. The summed E-state index contributed by atoms with van der Waals surface area (Å²) in [7, 11) is 0. The molecule has 1 amide bonds. The number of carbonyl (C=O) groups excluding carboxylic acids is 1. The lowest BCUT2D eigenvalue weighted by atomic mass is 10.0. The number of anilines is 1. The highest BCUT2D eigenvalue weighted by molar-refractivity contribution is 5.93. The first-order valence-corrected chi connectivity index (χ1v) is 9.26. The lowest BCUT2D eigenvalue weighted by molar-refractivity contribution is -0.116. The van der Waals surface area contributed by atoms with E-state index in [1.807, 2.05) is 48.5 Å². The minimum absolute atomic E-state index is 0.00850. The molecule has 0 fully saturated rings. The molecule has 1 heterocycles. The first-order chi connectivity index (χ1) is 13.7. The van der Waals surface area contributed by atoms with Gasteiger partial charge in [0.15, 0.2) is 0 Å². The number of aromatic amines is 1. The van der Waals surface area contributed by atoms with Gasteiger partial charge in [0, 0.05) is 23.1 Å². The Hall–Kier alpha value is -3.47. The van der Waals surface area contributed by atoms with Crippen LogP contribution in [0.15, 0.2) is 72.9 Å². The van der Waals surface area contributed by atoms with Gasteiger partial charge in [0.1, 0.15) is 5.82 Å². The molecule has 0 aliphatic rings. The van der Waals surface area contributed by atoms with Gasteiger partial charge in [0.05, 0.1) is 11.7 Å². The van der Waals surface area contributed by atoms with Crippen LogP contribution in [0.2, 0.25) is 0 Å². The van der Waals surface area contributed by atoms with E-state index in [2.05, 4.69) is 15.5 Å². The Morgan fingerprint density at radius 2 is 1.86 bits per heavy atom. The topological polar surface area (TPSA) is 57.8 Å². The average molecular weight is 373 g/mol. The standard InChI is InChI=1S/C23H20FN3O/c24-21-6-2-1-5-20(21)17-10-8-16(9-11-17)4-3-7-23(28)26-19-12-13-22-18(14-19)15-25-27-22/h1-2,5-6,8-15H,3-4,7H2,(H,25,27)(H,26,28). The summed E-state index contributed by atoms with van der Waals surface area (Å²) in [6, 6.07) is 20.2. The molecule has 2 N–H and O–H groups in total. The van der Waals surface area contributed by atoms with Crippen molar-refractivity contribution < 1.29 is 9.18 Å². The van der Waals surface area contributed by atoms with Crippen LogP contribution >= 0.6 is 0 Å². The average Bonchev–Trinajstić information content (AvgIpc) is 3.17. The molecule has 4 rings (SSSR count). The van der Waals surface area contributed by atoms with Crippen molar-refractivity contribution in [3.63, 3.8) is 0 Å². The van der Waals surface area contributed by atoms with Crippen LogP contribution in [0.5, 0.6) is 0 Å². The van der Waals surface area contributed by atoms with Gasteiger partial charge in [-0.05, 0) is 48.2 Å². The van der Waals surface area contributed by atoms with Crippen molar-refractivity contribution in [2.45, 2.75) is 19.3 Å². The summed E-state index contributed by atoms with van der Waals surface area (Å²) in [5.41, 5.74) is 4.30. The molecule has 0 spiro atoms. The molecule has 0 radical (unpaired) electrons. The van der Waals surface area contributed by atoms with Crippen molar-refractivity contribution in [3.8, 4) is 11.1 Å². The summed E-state index contributed by atoms with van der Waals surface area (Å²) in [6.45, 7) is 0. The fraction of sp³-hybridized carbons (Fsp3) is 0.130. The summed E-state index contributed by atoms with van der Waals surface area (Å²) in [5, 5.41) is 10.8. The number of rotatable bonds is 6. The van der Waals surface area contributed by atoms with Gasteiger partial charge in [-0.3, -0.25) is 9.89 Å². The van der Waals surface area contributed by atoms with Gasteiger partial charge in [0.2, 0.25) is 5.91 Å². The third kappa shape index (κ3) is 4.09. The minimum Gasteiger partial charge on any atom is -0.326 e. The number of aryl methyl sites for hydroxylation is 1. The van der Waals surface area contributed by atoms with Crippen molar-refractivity contribution in [3.05, 3.63) is 84.3 Å². The lowest BCUT2D eigenvalue weighted by Crippen LogP contribution is -2.11. The van der Waals surface area contributed by atoms with Gasteiger partial charge in [-0.25, -0.2) is 4.39 Å². The Morgan fingerprint density at radius 3 is 2.68 bits per heavy atom. The third-order valence-corrected chi connectivity index (χ3v) is 4.73. The molecule has 140 valence electrons. The zero-order valence-corrected chi connectivity index (χ0v) is 15.3. The Kier molecular flexibility index (Phi) is 5.15. The van der Waals surface area contributed by atoms with Gasteiger partial charge in [-0.15, -0.1) is 0 Å². The smallest absolute Gasteiger partial charge is 0.224 e. The highest BCUT2D eigenvalue weighted by Gasteiger charge is 2.06. The Labute approximate surface area is 162 Å². The Bertz CT molecular complexity index is 1100. The maximum Gasteiger partial charge on any atom is 0.224 e. The van der Waals surface area contributed by atoms with Crippen LogP contribution in [-0.4, -0.2) is 16.1 Å². The zero-order valence-electron chi connectivity index (χ0n) is 15.3. The number of aromatic nitrogens is 2. The van der Waals surface area contributed by atoms with Crippen molar-refractivity contribution in [2.24, 2.45) is 0 Å². The van der Waals surface area contributed by atoms with Crippen LogP contribution in [0.25, 0.3) is 22.0 Å². The number of nitrogens with zero attached hydrogens (tertiary/aromatic N) is 1. The van der Waals surface area contributed by atoms with Gasteiger partial charge >= 0.3 is 0 Å². The quantitative estimate of drug-likeness (QED) is 0.480. The van der Waals surface area contributed by atoms with E-state index in [1.54, 1.807) is 18.3 Å². The number of H-pyrrole nitrogens is 1. The normalized spacial score (nSPS) is 10.9. The minimum atomic E-state index is -0.222. The van der Waals surface area contributed by atoms with Gasteiger partial charge in [-0.1, -0.05) is 42.5 Å². The second kappa shape index (κ2) is 8.05. The summed E-state index contributed by atoms with van der Waals surface area (Å²) in [5.74, 6) is -0.230. The summed E-state index contributed by atoms with van der Waals surface area (Å²) < 4.78 is 13.9. The van der Waals surface area contributed by atoms with E-state index >= 15 is 0 Å². The molecular formula is C23H20FN3O. The largest absolute Gasteiger partial charge is 0.326 e. The van der Waals surface area contributed by atoms with Crippen LogP contribution in [0.4, 0.5) is 10.1 Å². The summed E-state index contributed by atoms with van der Waals surface area (Å²) in [6.07, 6.45) is 3.72. The zero-order chi connectivity index (χ0) is 19.3. The molecule has 0 atom stereocenters. The maximum atomic E-state index is 13.9. The molecule has 5 heteroatoms. The van der Waals surface area contributed by atoms with E-state index in [9.17, 15) is 9.18 Å². The fourth-order valence-corrected chi connectivity index (χ4v) is 3.24. The maximum absolute atomic E-state index is 13.9. The number of carbonyl (C=O) groups is 1. The molecule has 0 aliphatic heterocycles. The first-order valence-electron chi connectivity index (χ1n) is 9.26. The number of fused-ring (bicyclic) bond motifs is 1. The van der Waals surface area contributed by atoms with E-state index < -0.39 is 0 Å². The molecule has 0 saturated heterocycles. The van der Waals surface area contributed by atoms with Crippen LogP contribution in [0.1, 0.15) is 18.4 Å². The van der Waals surface area contributed by atoms with Crippen LogP contribution in [0, 0.1) is 5.82 Å². The van der Waals surface area contributed by atoms with E-state index in [4.69, 9.17) is 0 Å². The molecule has 4 nitrogen and oxygen atoms in total. The number of halogens is 1. The highest BCUT2D eigenvalue weighted by atomic mass is 19.1. The Morgan fingerprint density at radius 1 is 1.04 bits per heavy atom. The van der Waals surface area contributed by atoms with Crippen LogP contribution in [0.3, 0.4) is 0 Å². The molecule has 0 unspecified atom stereocenters. The van der Waals surface area contributed by atoms with E-state index in [0.717, 1.165) is 40.6 Å². The SMILES string of the molecule is O=C(CCCc1ccc(-c2ccccc2F)cc1)Nc1ccc2[nH]ncc2c1. The second-order valence-corrected chi connectivity index (χ2v) is 6.75. The van der Waals surface area contributed by atoms with Gasteiger partial charge in [0.25, 0.3) is 0 Å². The van der Waals surface area contributed by atoms with Crippen molar-refractivity contribution in [2.75, 3.05) is 5.32 Å². The number of hydrogen-bond donors (Lipinski definition) is 2. The Balaban J connectivity index is 1.29. The van der Waals surface area contributed by atoms with Crippen molar-refractivity contribution in [1.29, 1.82) is 0 Å². The van der Waals surface area contributed by atoms with Crippen molar-refractivity contribution >= 4 is 22.5 Å². The molecular weight excluding hydrogens is 353 g/mol. The summed E-state index contributed by atoms with van der Waals surface area (Å²) in [4.78, 5) is 12.2. The monoisotopic (exact) mass is 373 g/mol. The molecule has 3 aromatic carbocycles. The molecule has 1 aromatic heterocycles. The van der Waals surface area contributed by atoms with E-state index in [0.29, 0.717) is 12.0 Å². The molecule has 28 heavy (non-hydrogen) atoms. The first kappa shape index (κ1) is 17.9. The van der Waals surface area contributed by atoms with Crippen LogP contribution in [-0.2, 0) is 11.2 Å². The predicted octanol–water partition coefficient (Wildman–Crippen LogP) is 5.33. The predicted molar refractivity (Wildman–Crippen MR) is 109 cm³/mol. The number of benzene rings is 3. The van der Waals surface area contributed by atoms with Crippen LogP contribution < -0.4 is 5.32 Å².